The van der Waals surface area contributed by atoms with Crippen LogP contribution in [0.25, 0.3) is 0 Å². The number of aromatic nitrogens is 3. The maximum Gasteiger partial charge on any atom is 0.191 e. The Bertz CT molecular complexity index is 557. The van der Waals surface area contributed by atoms with E-state index in [4.69, 9.17) is 0 Å². The van der Waals surface area contributed by atoms with E-state index >= 15 is 0 Å². The summed E-state index contributed by atoms with van der Waals surface area (Å²) in [5, 5.41) is 15.6. The lowest BCUT2D eigenvalue weighted by molar-refractivity contribution is 0.267. The highest BCUT2D eigenvalue weighted by molar-refractivity contribution is 14.0. The third-order valence-corrected chi connectivity index (χ3v) is 5.23. The van der Waals surface area contributed by atoms with Gasteiger partial charge in [-0.3, -0.25) is 9.89 Å². The highest BCUT2D eigenvalue weighted by Gasteiger charge is 2.22. The standard InChI is InChI=1S/C17H31N7.HI/c1-3-23-10-7-8-14(23)12-19-17(18-2)20-13-16-22-21-15-9-5-4-6-11-24(15)16;/h14H,3-13H2,1-2H3,(H2,18,19,20);1H. The van der Waals surface area contributed by atoms with Crippen LogP contribution in [-0.4, -0.2) is 58.3 Å². The van der Waals surface area contributed by atoms with Crippen LogP contribution in [-0.2, 0) is 19.5 Å². The van der Waals surface area contributed by atoms with Crippen LogP contribution >= 0.6 is 24.0 Å². The highest BCUT2D eigenvalue weighted by Crippen LogP contribution is 2.16. The Balaban J connectivity index is 0.00000225. The summed E-state index contributed by atoms with van der Waals surface area (Å²) < 4.78 is 2.28. The van der Waals surface area contributed by atoms with Gasteiger partial charge in [-0.2, -0.15) is 0 Å². The van der Waals surface area contributed by atoms with Crippen molar-refractivity contribution >= 4 is 29.9 Å². The summed E-state index contributed by atoms with van der Waals surface area (Å²) in [4.78, 5) is 6.89. The van der Waals surface area contributed by atoms with Crippen molar-refractivity contribution < 1.29 is 0 Å². The van der Waals surface area contributed by atoms with Crippen molar-refractivity contribution in [3.63, 3.8) is 0 Å². The lowest BCUT2D eigenvalue weighted by Gasteiger charge is -2.23. The molecule has 0 aliphatic carbocycles. The zero-order chi connectivity index (χ0) is 16.8. The van der Waals surface area contributed by atoms with Crippen molar-refractivity contribution in [2.45, 2.75) is 64.6 Å². The maximum absolute atomic E-state index is 4.37. The van der Waals surface area contributed by atoms with Gasteiger partial charge in [0, 0.05) is 32.6 Å². The molecule has 2 aliphatic heterocycles. The number of aliphatic imine (C=N–C) groups is 1. The summed E-state index contributed by atoms with van der Waals surface area (Å²) in [6.45, 7) is 7.26. The van der Waals surface area contributed by atoms with Crippen LogP contribution in [0.3, 0.4) is 0 Å². The lowest BCUT2D eigenvalue weighted by atomic mass is 10.2. The third-order valence-electron chi connectivity index (χ3n) is 5.23. The van der Waals surface area contributed by atoms with Crippen LogP contribution in [0, 0.1) is 0 Å². The van der Waals surface area contributed by atoms with E-state index in [-0.39, 0.29) is 24.0 Å². The molecule has 1 aromatic heterocycles. The van der Waals surface area contributed by atoms with E-state index in [9.17, 15) is 0 Å². The molecule has 0 radical (unpaired) electrons. The molecule has 0 bridgehead atoms. The van der Waals surface area contributed by atoms with Gasteiger partial charge in [-0.15, -0.1) is 34.2 Å². The molecule has 0 aromatic carbocycles. The molecular formula is C17H32IN7. The van der Waals surface area contributed by atoms with E-state index in [1.54, 1.807) is 0 Å². The number of guanidine groups is 1. The number of nitrogens with zero attached hydrogens (tertiary/aromatic N) is 5. The van der Waals surface area contributed by atoms with Gasteiger partial charge in [-0.05, 0) is 38.8 Å². The normalized spacial score (nSPS) is 21.4. The number of hydrogen-bond donors (Lipinski definition) is 2. The predicted molar refractivity (Wildman–Crippen MR) is 111 cm³/mol. The van der Waals surface area contributed by atoms with Gasteiger partial charge in [0.2, 0.25) is 0 Å². The fourth-order valence-electron chi connectivity index (χ4n) is 3.82. The molecule has 0 amide bonds. The monoisotopic (exact) mass is 461 g/mol. The van der Waals surface area contributed by atoms with E-state index in [0.29, 0.717) is 12.6 Å². The van der Waals surface area contributed by atoms with E-state index in [1.165, 1.54) is 38.6 Å². The van der Waals surface area contributed by atoms with Crippen molar-refractivity contribution in [2.24, 2.45) is 4.99 Å². The van der Waals surface area contributed by atoms with E-state index < -0.39 is 0 Å². The van der Waals surface area contributed by atoms with Crippen LogP contribution < -0.4 is 10.6 Å². The van der Waals surface area contributed by atoms with Crippen LogP contribution in [0.4, 0.5) is 0 Å². The Morgan fingerprint density at radius 1 is 1.16 bits per heavy atom. The van der Waals surface area contributed by atoms with Crippen molar-refractivity contribution in [1.29, 1.82) is 0 Å². The molecule has 1 saturated heterocycles. The van der Waals surface area contributed by atoms with Crippen LogP contribution in [0.5, 0.6) is 0 Å². The Morgan fingerprint density at radius 2 is 2.04 bits per heavy atom. The zero-order valence-corrected chi connectivity index (χ0v) is 17.8. The first-order valence-electron chi connectivity index (χ1n) is 9.41. The van der Waals surface area contributed by atoms with Gasteiger partial charge in [0.05, 0.1) is 6.54 Å². The quantitative estimate of drug-likeness (QED) is 0.398. The molecule has 1 aromatic rings. The summed E-state index contributed by atoms with van der Waals surface area (Å²) in [5.74, 6) is 3.01. The van der Waals surface area contributed by atoms with Crippen molar-refractivity contribution in [3.8, 4) is 0 Å². The number of fused-ring (bicyclic) bond motifs is 1. The number of nitrogens with one attached hydrogen (secondary N) is 2. The van der Waals surface area contributed by atoms with Crippen LogP contribution in [0.1, 0.15) is 50.7 Å². The van der Waals surface area contributed by atoms with Crippen molar-refractivity contribution in [2.75, 3.05) is 26.7 Å². The molecular weight excluding hydrogens is 429 g/mol. The average Bonchev–Trinajstić information content (AvgIpc) is 3.15. The highest BCUT2D eigenvalue weighted by atomic mass is 127. The van der Waals surface area contributed by atoms with Gasteiger partial charge in [-0.25, -0.2) is 0 Å². The Kier molecular flexibility index (Phi) is 8.41. The van der Waals surface area contributed by atoms with Crippen molar-refractivity contribution in [3.05, 3.63) is 11.6 Å². The second-order valence-corrected chi connectivity index (χ2v) is 6.73. The number of likely N-dealkylation sites (N-methyl/N-ethyl adjacent to an activating group) is 1. The smallest absolute Gasteiger partial charge is 0.191 e. The molecule has 0 saturated carbocycles. The minimum atomic E-state index is 0. The van der Waals surface area contributed by atoms with Gasteiger partial charge in [0.15, 0.2) is 11.8 Å². The second kappa shape index (κ2) is 10.3. The minimum Gasteiger partial charge on any atom is -0.355 e. The van der Waals surface area contributed by atoms with Crippen LogP contribution in [0.2, 0.25) is 0 Å². The molecule has 8 heteroatoms. The summed E-state index contributed by atoms with van der Waals surface area (Å²) in [6.07, 6.45) is 7.36. The number of rotatable bonds is 5. The van der Waals surface area contributed by atoms with E-state index in [0.717, 1.165) is 43.7 Å². The molecule has 3 rings (SSSR count). The minimum absolute atomic E-state index is 0. The molecule has 142 valence electrons. The molecule has 7 nitrogen and oxygen atoms in total. The number of likely N-dealkylation sites (tertiary alicyclic amines) is 1. The Morgan fingerprint density at radius 3 is 2.84 bits per heavy atom. The van der Waals surface area contributed by atoms with Crippen LogP contribution in [0.15, 0.2) is 4.99 Å². The fraction of sp³-hybridized carbons (Fsp3) is 0.824. The largest absolute Gasteiger partial charge is 0.355 e. The SMILES string of the molecule is CCN1CCCC1CNC(=NC)NCc1nnc2n1CCCCC2.I. The van der Waals surface area contributed by atoms with Gasteiger partial charge in [-0.1, -0.05) is 13.3 Å². The second-order valence-electron chi connectivity index (χ2n) is 6.73. The van der Waals surface area contributed by atoms with Gasteiger partial charge >= 0.3 is 0 Å². The molecule has 1 atom stereocenters. The molecule has 1 fully saturated rings. The first-order valence-corrected chi connectivity index (χ1v) is 9.41. The summed E-state index contributed by atoms with van der Waals surface area (Å²) >= 11 is 0. The Hall–Kier alpha value is -0.900. The molecule has 1 unspecified atom stereocenters. The molecule has 2 N–H and O–H groups in total. The molecule has 25 heavy (non-hydrogen) atoms. The molecule has 2 aliphatic rings. The first kappa shape index (κ1) is 20.4. The van der Waals surface area contributed by atoms with Gasteiger partial charge in [0.1, 0.15) is 5.82 Å². The first-order chi connectivity index (χ1) is 11.8. The third kappa shape index (κ3) is 5.29. The maximum atomic E-state index is 4.37. The summed E-state index contributed by atoms with van der Waals surface area (Å²) in [6, 6.07) is 0.623. The van der Waals surface area contributed by atoms with E-state index in [2.05, 4.69) is 42.2 Å². The number of hydrogen-bond acceptors (Lipinski definition) is 4. The average molecular weight is 461 g/mol. The van der Waals surface area contributed by atoms with Crippen molar-refractivity contribution in [1.82, 2.24) is 30.3 Å². The zero-order valence-electron chi connectivity index (χ0n) is 15.5. The molecule has 3 heterocycles. The number of halogens is 1. The topological polar surface area (TPSA) is 70.4 Å². The predicted octanol–water partition coefficient (Wildman–Crippen LogP) is 1.77. The fourth-order valence-corrected chi connectivity index (χ4v) is 3.82. The Labute approximate surface area is 168 Å². The van der Waals surface area contributed by atoms with Gasteiger partial charge in [0.25, 0.3) is 0 Å². The lowest BCUT2D eigenvalue weighted by Crippen LogP contribution is -2.44. The summed E-state index contributed by atoms with van der Waals surface area (Å²) in [7, 11) is 1.83. The van der Waals surface area contributed by atoms with Gasteiger partial charge < -0.3 is 15.2 Å². The number of aryl methyl sites for hydroxylation is 1. The van der Waals surface area contributed by atoms with E-state index in [1.807, 2.05) is 7.05 Å². The molecule has 0 spiro atoms. The summed E-state index contributed by atoms with van der Waals surface area (Å²) in [5.41, 5.74) is 0.